The molecule has 0 saturated carbocycles. The summed E-state index contributed by atoms with van der Waals surface area (Å²) in [7, 11) is 0. The number of carbonyl (C=O) groups excluding carboxylic acids is 2. The Morgan fingerprint density at radius 2 is 1.86 bits per heavy atom. The highest BCUT2D eigenvalue weighted by Gasteiger charge is 2.48. The number of aliphatic hydroxyl groups is 1. The lowest BCUT2D eigenvalue weighted by Gasteiger charge is -2.23. The van der Waals surface area contributed by atoms with E-state index in [9.17, 15) is 14.7 Å². The molecule has 3 aromatic carbocycles. The van der Waals surface area contributed by atoms with Crippen LogP contribution in [0, 0.1) is 0 Å². The lowest BCUT2D eigenvalue weighted by molar-refractivity contribution is -0.132. The van der Waals surface area contributed by atoms with Crippen molar-refractivity contribution in [3.05, 3.63) is 104 Å². The van der Waals surface area contributed by atoms with Gasteiger partial charge in [0.15, 0.2) is 4.34 Å². The predicted octanol–water partition coefficient (Wildman–Crippen LogP) is 8.21. The van der Waals surface area contributed by atoms with Crippen molar-refractivity contribution in [2.45, 2.75) is 55.3 Å². The summed E-state index contributed by atoms with van der Waals surface area (Å²) in [6, 6.07) is 17.5. The van der Waals surface area contributed by atoms with Crippen LogP contribution >= 0.6 is 46.3 Å². The minimum Gasteiger partial charge on any atom is -0.507 e. The monoisotopic (exact) mass is 651 g/mol. The van der Waals surface area contributed by atoms with E-state index < -0.39 is 17.7 Å². The Balaban J connectivity index is 1.38. The highest BCUT2D eigenvalue weighted by molar-refractivity contribution is 8.00. The summed E-state index contributed by atoms with van der Waals surface area (Å²) in [5.74, 6) is -0.219. The lowest BCUT2D eigenvalue weighted by Crippen LogP contribution is -2.29. The zero-order valence-corrected chi connectivity index (χ0v) is 26.7. The first-order valence-electron chi connectivity index (χ1n) is 13.7. The van der Waals surface area contributed by atoms with Gasteiger partial charge in [0.25, 0.3) is 5.78 Å². The number of hydrogen-bond acceptors (Lipinski definition) is 8. The largest absolute Gasteiger partial charge is 0.507 e. The third kappa shape index (κ3) is 5.79. The van der Waals surface area contributed by atoms with Crippen LogP contribution in [0.3, 0.4) is 0 Å². The maximum absolute atomic E-state index is 13.6. The molecule has 0 unspecified atom stereocenters. The summed E-state index contributed by atoms with van der Waals surface area (Å²) in [5, 5.41) is 21.5. The fourth-order valence-corrected chi connectivity index (χ4v) is 7.70. The minimum absolute atomic E-state index is 0.00607. The zero-order chi connectivity index (χ0) is 30.4. The number of fused-ring (bicyclic) bond motifs is 1. The number of Topliss-reactive ketones (excluding diaryl/α,β-unsaturated/α-hetero) is 1. The van der Waals surface area contributed by atoms with Crippen LogP contribution in [0.4, 0.5) is 5.13 Å². The number of amides is 1. The van der Waals surface area contributed by atoms with E-state index in [1.807, 2.05) is 43.3 Å². The quantitative estimate of drug-likeness (QED) is 0.0707. The molecular weight excluding hydrogens is 625 g/mol. The van der Waals surface area contributed by atoms with Gasteiger partial charge in [-0.1, -0.05) is 90.5 Å². The van der Waals surface area contributed by atoms with Gasteiger partial charge in [-0.2, -0.15) is 0 Å². The van der Waals surface area contributed by atoms with Gasteiger partial charge in [0.2, 0.25) is 5.13 Å². The van der Waals surface area contributed by atoms with E-state index in [0.717, 1.165) is 22.4 Å². The molecule has 0 radical (unpaired) electrons. The second kappa shape index (κ2) is 12.0. The molecule has 2 aliphatic rings. The molecule has 3 heterocycles. The number of aromatic nitrogens is 2. The maximum Gasteiger partial charge on any atom is 0.301 e. The van der Waals surface area contributed by atoms with Crippen molar-refractivity contribution < 1.29 is 19.4 Å². The Bertz CT molecular complexity index is 1770. The van der Waals surface area contributed by atoms with Crippen molar-refractivity contribution in [1.29, 1.82) is 0 Å². The van der Waals surface area contributed by atoms with Gasteiger partial charge in [-0.3, -0.25) is 14.5 Å². The summed E-state index contributed by atoms with van der Waals surface area (Å²) in [6.07, 6.45) is 0.717. The number of carbonyl (C=O) groups is 2. The number of rotatable bonds is 7. The number of aliphatic hydroxyl groups excluding tert-OH is 1. The van der Waals surface area contributed by atoms with Gasteiger partial charge in [-0.25, -0.2) is 0 Å². The fourth-order valence-electron chi connectivity index (χ4n) is 5.27. The molecule has 1 amide bonds. The molecule has 1 fully saturated rings. The van der Waals surface area contributed by atoms with E-state index in [-0.39, 0.29) is 22.6 Å². The molecule has 220 valence electrons. The van der Waals surface area contributed by atoms with Crippen molar-refractivity contribution >= 4 is 68.9 Å². The molecule has 11 heteroatoms. The normalized spacial score (nSPS) is 19.3. The number of hydrogen-bond donors (Lipinski definition) is 1. The van der Waals surface area contributed by atoms with Gasteiger partial charge in [0.1, 0.15) is 17.6 Å². The Kier molecular flexibility index (Phi) is 8.26. The van der Waals surface area contributed by atoms with Crippen molar-refractivity contribution in [3.8, 4) is 5.75 Å². The SMILES string of the molecule is CC(C)c1ccc([C@H]2C(=C(O)c3ccc4c(c3)C[C@H](C)O4)C(=O)C(=O)N2c2nnc(SCc3ccc(Cl)cc3Cl)s2)cc1. The van der Waals surface area contributed by atoms with Crippen LogP contribution in [-0.2, 0) is 21.8 Å². The first-order chi connectivity index (χ1) is 20.6. The third-order valence-corrected chi connectivity index (χ3v) is 10.2. The van der Waals surface area contributed by atoms with Crippen molar-refractivity contribution in [2.24, 2.45) is 0 Å². The first-order valence-corrected chi connectivity index (χ1v) is 16.3. The van der Waals surface area contributed by atoms with E-state index in [4.69, 9.17) is 27.9 Å². The molecular formula is C32H27Cl2N3O4S2. The first kappa shape index (κ1) is 29.7. The van der Waals surface area contributed by atoms with Gasteiger partial charge in [0.05, 0.1) is 11.6 Å². The second-order valence-electron chi connectivity index (χ2n) is 10.8. The molecule has 1 saturated heterocycles. The minimum atomic E-state index is -0.888. The number of halogens is 2. The molecule has 4 aromatic rings. The van der Waals surface area contributed by atoms with Crippen LogP contribution < -0.4 is 9.64 Å². The standard InChI is InChI=1S/C32H27Cl2N3O4S2/c1-16(2)18-4-6-19(7-5-18)27-26(28(38)20-9-11-25-22(13-20)12-17(3)41-25)29(39)30(40)37(27)31-35-36-32(43-31)42-15-21-8-10-23(33)14-24(21)34/h4-11,13-14,16-17,27,38H,12,15H2,1-3H3/t17-,27-/m0/s1. The fraction of sp³-hybridized carbons (Fsp3) is 0.250. The number of ether oxygens (including phenoxy) is 1. The summed E-state index contributed by atoms with van der Waals surface area (Å²) >= 11 is 15.0. The van der Waals surface area contributed by atoms with E-state index in [0.29, 0.717) is 43.6 Å². The lowest BCUT2D eigenvalue weighted by atomic mass is 9.93. The molecule has 0 aliphatic carbocycles. The Morgan fingerprint density at radius 1 is 1.09 bits per heavy atom. The van der Waals surface area contributed by atoms with Crippen LogP contribution in [-0.4, -0.2) is 33.1 Å². The number of ketones is 1. The van der Waals surface area contributed by atoms with Crippen LogP contribution in [0.25, 0.3) is 5.76 Å². The number of nitrogens with zero attached hydrogens (tertiary/aromatic N) is 3. The molecule has 2 atom stereocenters. The molecule has 1 aromatic heterocycles. The highest BCUT2D eigenvalue weighted by atomic mass is 35.5. The smallest absolute Gasteiger partial charge is 0.301 e. The molecule has 6 rings (SSSR count). The highest BCUT2D eigenvalue weighted by Crippen LogP contribution is 2.45. The number of thioether (sulfide) groups is 1. The summed E-state index contributed by atoms with van der Waals surface area (Å²) in [5.41, 5.74) is 4.07. The van der Waals surface area contributed by atoms with Gasteiger partial charge in [-0.15, -0.1) is 10.2 Å². The van der Waals surface area contributed by atoms with E-state index >= 15 is 0 Å². The van der Waals surface area contributed by atoms with Gasteiger partial charge >= 0.3 is 5.91 Å². The topological polar surface area (TPSA) is 92.6 Å². The Labute approximate surface area is 267 Å². The van der Waals surface area contributed by atoms with Gasteiger partial charge in [0, 0.05) is 27.8 Å². The van der Waals surface area contributed by atoms with Crippen molar-refractivity contribution in [2.75, 3.05) is 4.90 Å². The molecule has 7 nitrogen and oxygen atoms in total. The van der Waals surface area contributed by atoms with E-state index in [1.54, 1.807) is 24.3 Å². The molecule has 0 spiro atoms. The number of benzene rings is 3. The van der Waals surface area contributed by atoms with Gasteiger partial charge in [-0.05, 0) is 65.4 Å². The summed E-state index contributed by atoms with van der Waals surface area (Å²) in [6.45, 7) is 6.17. The van der Waals surface area contributed by atoms with E-state index in [1.165, 1.54) is 28.0 Å². The predicted molar refractivity (Wildman–Crippen MR) is 171 cm³/mol. The maximum atomic E-state index is 13.6. The molecule has 2 aliphatic heterocycles. The Morgan fingerprint density at radius 3 is 2.58 bits per heavy atom. The van der Waals surface area contributed by atoms with Gasteiger partial charge < -0.3 is 9.84 Å². The number of anilines is 1. The molecule has 1 N–H and O–H groups in total. The van der Waals surface area contributed by atoms with Crippen LogP contribution in [0.1, 0.15) is 60.5 Å². The van der Waals surface area contributed by atoms with Crippen LogP contribution in [0.5, 0.6) is 5.75 Å². The Hall–Kier alpha value is -3.37. The second-order valence-corrected chi connectivity index (χ2v) is 13.8. The zero-order valence-electron chi connectivity index (χ0n) is 23.5. The van der Waals surface area contributed by atoms with E-state index in [2.05, 4.69) is 24.0 Å². The third-order valence-electron chi connectivity index (χ3n) is 7.50. The molecule has 0 bridgehead atoms. The summed E-state index contributed by atoms with van der Waals surface area (Å²) in [4.78, 5) is 28.6. The summed E-state index contributed by atoms with van der Waals surface area (Å²) < 4.78 is 6.41. The van der Waals surface area contributed by atoms with Crippen LogP contribution in [0.2, 0.25) is 10.0 Å². The average Bonchev–Trinajstić information content (AvgIpc) is 3.67. The molecule has 43 heavy (non-hydrogen) atoms. The average molecular weight is 653 g/mol. The van der Waals surface area contributed by atoms with Crippen LogP contribution in [0.15, 0.2) is 70.6 Å². The van der Waals surface area contributed by atoms with Crippen molar-refractivity contribution in [3.63, 3.8) is 0 Å². The van der Waals surface area contributed by atoms with Crippen molar-refractivity contribution in [1.82, 2.24) is 10.2 Å².